The van der Waals surface area contributed by atoms with E-state index in [4.69, 9.17) is 17.3 Å². The van der Waals surface area contributed by atoms with Crippen LogP contribution < -0.4 is 11.1 Å². The molecular formula is C23H19ClFN5O. The standard InChI is InChI=1S/C23H19ClFN5O/c1-13-16(2-3-22(26)30-13)12-29-23(31)15-4-5-27-18(8-15)7-14-6-17-9-19(24)20(25)10-21(17)28-11-14/h2-6,8-11H,7,12H2,1H3,(H2,26,30)(H,29,31). The van der Waals surface area contributed by atoms with E-state index < -0.39 is 5.82 Å². The van der Waals surface area contributed by atoms with Crippen molar-refractivity contribution < 1.29 is 9.18 Å². The summed E-state index contributed by atoms with van der Waals surface area (Å²) in [5.41, 5.74) is 9.97. The highest BCUT2D eigenvalue weighted by Crippen LogP contribution is 2.23. The molecule has 4 aromatic rings. The van der Waals surface area contributed by atoms with Crippen LogP contribution in [0.1, 0.15) is 32.9 Å². The van der Waals surface area contributed by atoms with Crippen LogP contribution in [-0.2, 0) is 13.0 Å². The number of aryl methyl sites for hydroxylation is 1. The third kappa shape index (κ3) is 4.78. The molecule has 0 aliphatic carbocycles. The third-order valence-electron chi connectivity index (χ3n) is 4.90. The molecule has 0 saturated carbocycles. The lowest BCUT2D eigenvalue weighted by Gasteiger charge is -2.09. The number of aromatic nitrogens is 3. The molecule has 1 aromatic carbocycles. The summed E-state index contributed by atoms with van der Waals surface area (Å²) in [6.07, 6.45) is 3.74. The van der Waals surface area contributed by atoms with E-state index in [0.717, 1.165) is 22.2 Å². The lowest BCUT2D eigenvalue weighted by atomic mass is 10.1. The summed E-state index contributed by atoms with van der Waals surface area (Å²) in [6, 6.07) is 11.7. The summed E-state index contributed by atoms with van der Waals surface area (Å²) in [6.45, 7) is 2.20. The Labute approximate surface area is 183 Å². The van der Waals surface area contributed by atoms with Crippen molar-refractivity contribution in [1.29, 1.82) is 0 Å². The first kappa shape index (κ1) is 20.7. The number of nitrogen functional groups attached to an aromatic ring is 1. The third-order valence-corrected chi connectivity index (χ3v) is 5.19. The molecule has 1 amide bonds. The smallest absolute Gasteiger partial charge is 0.251 e. The summed E-state index contributed by atoms with van der Waals surface area (Å²) in [5.74, 6) is -0.263. The van der Waals surface area contributed by atoms with Crippen molar-refractivity contribution in [3.63, 3.8) is 0 Å². The van der Waals surface area contributed by atoms with Crippen molar-refractivity contribution in [3.05, 3.63) is 93.8 Å². The molecule has 0 fully saturated rings. The molecule has 0 unspecified atom stereocenters. The molecule has 0 bridgehead atoms. The number of amides is 1. The van der Waals surface area contributed by atoms with Gasteiger partial charge in [0.1, 0.15) is 11.6 Å². The maximum absolute atomic E-state index is 13.6. The first-order valence-electron chi connectivity index (χ1n) is 9.58. The van der Waals surface area contributed by atoms with Crippen LogP contribution in [0.5, 0.6) is 0 Å². The van der Waals surface area contributed by atoms with Gasteiger partial charge in [0, 0.05) is 53.8 Å². The van der Waals surface area contributed by atoms with Crippen molar-refractivity contribution in [2.24, 2.45) is 0 Å². The van der Waals surface area contributed by atoms with Gasteiger partial charge in [-0.25, -0.2) is 9.37 Å². The fourth-order valence-corrected chi connectivity index (χ4v) is 3.44. The van der Waals surface area contributed by atoms with Gasteiger partial charge in [0.2, 0.25) is 0 Å². The van der Waals surface area contributed by atoms with Crippen molar-refractivity contribution in [1.82, 2.24) is 20.3 Å². The molecule has 4 rings (SSSR count). The van der Waals surface area contributed by atoms with Crippen LogP contribution in [0.25, 0.3) is 10.9 Å². The number of anilines is 1. The van der Waals surface area contributed by atoms with Gasteiger partial charge in [-0.3, -0.25) is 14.8 Å². The topological polar surface area (TPSA) is 93.8 Å². The highest BCUT2D eigenvalue weighted by atomic mass is 35.5. The van der Waals surface area contributed by atoms with Crippen molar-refractivity contribution in [2.75, 3.05) is 5.73 Å². The maximum Gasteiger partial charge on any atom is 0.251 e. The highest BCUT2D eigenvalue weighted by molar-refractivity contribution is 6.31. The van der Waals surface area contributed by atoms with Gasteiger partial charge in [0.05, 0.1) is 10.5 Å². The van der Waals surface area contributed by atoms with E-state index in [0.29, 0.717) is 35.6 Å². The van der Waals surface area contributed by atoms with Crippen LogP contribution in [0.3, 0.4) is 0 Å². The number of rotatable bonds is 5. The van der Waals surface area contributed by atoms with Crippen molar-refractivity contribution >= 4 is 34.2 Å². The average molecular weight is 436 g/mol. The summed E-state index contributed by atoms with van der Waals surface area (Å²) in [7, 11) is 0. The number of hydrogen-bond donors (Lipinski definition) is 2. The number of hydrogen-bond acceptors (Lipinski definition) is 5. The number of benzene rings is 1. The molecule has 0 spiro atoms. The Hall–Kier alpha value is -3.58. The Morgan fingerprint density at radius 1 is 1.16 bits per heavy atom. The van der Waals surface area contributed by atoms with Gasteiger partial charge in [-0.05, 0) is 48.4 Å². The molecule has 0 radical (unpaired) electrons. The highest BCUT2D eigenvalue weighted by Gasteiger charge is 2.10. The fourth-order valence-electron chi connectivity index (χ4n) is 3.26. The van der Waals surface area contributed by atoms with E-state index in [1.807, 2.05) is 19.1 Å². The van der Waals surface area contributed by atoms with Gasteiger partial charge < -0.3 is 11.1 Å². The zero-order chi connectivity index (χ0) is 22.0. The molecule has 31 heavy (non-hydrogen) atoms. The Morgan fingerprint density at radius 3 is 2.81 bits per heavy atom. The monoisotopic (exact) mass is 435 g/mol. The van der Waals surface area contributed by atoms with E-state index in [1.165, 1.54) is 6.07 Å². The first-order chi connectivity index (χ1) is 14.9. The van der Waals surface area contributed by atoms with E-state index in [2.05, 4.69) is 20.3 Å². The van der Waals surface area contributed by atoms with E-state index in [9.17, 15) is 9.18 Å². The molecule has 8 heteroatoms. The number of fused-ring (bicyclic) bond motifs is 1. The lowest BCUT2D eigenvalue weighted by molar-refractivity contribution is 0.0950. The Bertz CT molecular complexity index is 1290. The zero-order valence-electron chi connectivity index (χ0n) is 16.7. The largest absolute Gasteiger partial charge is 0.384 e. The second-order valence-corrected chi connectivity index (χ2v) is 7.59. The lowest BCUT2D eigenvalue weighted by Crippen LogP contribution is -2.23. The number of pyridine rings is 3. The van der Waals surface area contributed by atoms with Crippen LogP contribution in [0.4, 0.5) is 10.2 Å². The molecule has 0 aliphatic rings. The van der Waals surface area contributed by atoms with Crippen molar-refractivity contribution in [2.45, 2.75) is 19.9 Å². The van der Waals surface area contributed by atoms with Gasteiger partial charge in [-0.1, -0.05) is 17.7 Å². The van der Waals surface area contributed by atoms with Crippen molar-refractivity contribution in [3.8, 4) is 0 Å². The normalized spacial score (nSPS) is 10.9. The molecule has 0 saturated heterocycles. The van der Waals surface area contributed by atoms with Gasteiger partial charge in [0.15, 0.2) is 0 Å². The second-order valence-electron chi connectivity index (χ2n) is 7.18. The number of nitrogens with zero attached hydrogens (tertiary/aromatic N) is 3. The number of halogens is 2. The van der Waals surface area contributed by atoms with E-state index in [1.54, 1.807) is 36.7 Å². The molecule has 3 heterocycles. The second kappa shape index (κ2) is 8.65. The number of nitrogens with one attached hydrogen (secondary N) is 1. The predicted molar refractivity (Wildman–Crippen MR) is 118 cm³/mol. The molecular weight excluding hydrogens is 417 g/mol. The summed E-state index contributed by atoms with van der Waals surface area (Å²) in [4.78, 5) is 25.4. The van der Waals surface area contributed by atoms with Crippen LogP contribution in [0, 0.1) is 12.7 Å². The molecule has 6 nitrogen and oxygen atoms in total. The Kier molecular flexibility index (Phi) is 5.77. The van der Waals surface area contributed by atoms with Gasteiger partial charge >= 0.3 is 0 Å². The molecule has 156 valence electrons. The molecule has 0 atom stereocenters. The SMILES string of the molecule is Cc1nc(N)ccc1CNC(=O)c1ccnc(Cc2cnc3cc(F)c(Cl)cc3c2)c1. The minimum Gasteiger partial charge on any atom is -0.384 e. The van der Waals surface area contributed by atoms with Gasteiger partial charge in [-0.15, -0.1) is 0 Å². The predicted octanol–water partition coefficient (Wildman–Crippen LogP) is 4.23. The molecule has 3 aromatic heterocycles. The number of carbonyl (C=O) groups excluding carboxylic acids is 1. The quantitative estimate of drug-likeness (QED) is 0.489. The van der Waals surface area contributed by atoms with Crippen LogP contribution in [-0.4, -0.2) is 20.9 Å². The Balaban J connectivity index is 1.48. The van der Waals surface area contributed by atoms with Crippen LogP contribution >= 0.6 is 11.6 Å². The average Bonchev–Trinajstić information content (AvgIpc) is 2.74. The van der Waals surface area contributed by atoms with E-state index in [-0.39, 0.29) is 10.9 Å². The first-order valence-corrected chi connectivity index (χ1v) is 9.95. The number of nitrogens with two attached hydrogens (primary N) is 1. The molecule has 0 aliphatic heterocycles. The minimum absolute atomic E-state index is 0.0507. The van der Waals surface area contributed by atoms with Crippen LogP contribution in [0.15, 0.2) is 54.9 Å². The summed E-state index contributed by atoms with van der Waals surface area (Å²) < 4.78 is 13.6. The van der Waals surface area contributed by atoms with E-state index >= 15 is 0 Å². The summed E-state index contributed by atoms with van der Waals surface area (Å²) >= 11 is 5.88. The zero-order valence-corrected chi connectivity index (χ0v) is 17.4. The van der Waals surface area contributed by atoms with Gasteiger partial charge in [0.25, 0.3) is 5.91 Å². The Morgan fingerprint density at radius 2 is 2.00 bits per heavy atom. The fraction of sp³-hybridized carbons (Fsp3) is 0.130. The van der Waals surface area contributed by atoms with Gasteiger partial charge in [-0.2, -0.15) is 0 Å². The maximum atomic E-state index is 13.6. The number of carbonyl (C=O) groups is 1. The molecule has 3 N–H and O–H groups in total. The minimum atomic E-state index is -0.500. The summed E-state index contributed by atoms with van der Waals surface area (Å²) in [5, 5.41) is 3.68. The van der Waals surface area contributed by atoms with Crippen LogP contribution in [0.2, 0.25) is 5.02 Å².